The minimum absolute atomic E-state index is 0.0512. The summed E-state index contributed by atoms with van der Waals surface area (Å²) in [6.45, 7) is 0.156. The van der Waals surface area contributed by atoms with E-state index in [0.717, 1.165) is 31.4 Å². The summed E-state index contributed by atoms with van der Waals surface area (Å²) in [5, 5.41) is 8.76. The number of nitrogen functional groups attached to an aromatic ring is 1. The number of carbonyl (C=O) groups excluding carboxylic acids is 1. The molecule has 4 rings (SSSR count). The molecule has 0 saturated heterocycles. The summed E-state index contributed by atoms with van der Waals surface area (Å²) in [5.74, 6) is 8.29. The van der Waals surface area contributed by atoms with Gasteiger partial charge in [-0.2, -0.15) is 0 Å². The van der Waals surface area contributed by atoms with E-state index in [1.807, 2.05) is 53.4 Å². The van der Waals surface area contributed by atoms with Gasteiger partial charge in [0.1, 0.15) is 18.1 Å². The van der Waals surface area contributed by atoms with Gasteiger partial charge in [-0.15, -0.1) is 10.2 Å². The van der Waals surface area contributed by atoms with E-state index >= 15 is 0 Å². The molecular weight excluding hydrogens is 438 g/mol. The van der Waals surface area contributed by atoms with Crippen LogP contribution in [-0.4, -0.2) is 39.7 Å². The number of methoxy groups -OCH3 is 1. The zero-order valence-electron chi connectivity index (χ0n) is 18.7. The molecule has 0 aliphatic heterocycles. The first-order valence-corrected chi connectivity index (χ1v) is 12.1. The number of ether oxygens (including phenoxy) is 2. The number of rotatable bonds is 9. The molecule has 0 spiro atoms. The molecule has 1 amide bonds. The number of amides is 1. The first kappa shape index (κ1) is 23.0. The van der Waals surface area contributed by atoms with Gasteiger partial charge in [0.05, 0.1) is 12.9 Å². The van der Waals surface area contributed by atoms with E-state index in [9.17, 15) is 4.79 Å². The molecule has 1 aromatic heterocycles. The Morgan fingerprint density at radius 3 is 2.61 bits per heavy atom. The van der Waals surface area contributed by atoms with E-state index in [1.54, 1.807) is 13.2 Å². The normalized spacial score (nSPS) is 14.1. The number of thioether (sulfide) groups is 1. The molecule has 1 saturated carbocycles. The second kappa shape index (κ2) is 11.1. The molecule has 1 aliphatic carbocycles. The first-order valence-electron chi connectivity index (χ1n) is 11.1. The summed E-state index contributed by atoms with van der Waals surface area (Å²) in [4.78, 5) is 15.2. The van der Waals surface area contributed by atoms with Gasteiger partial charge in [0, 0.05) is 17.8 Å². The molecule has 0 radical (unpaired) electrons. The monoisotopic (exact) mass is 467 g/mol. The van der Waals surface area contributed by atoms with Gasteiger partial charge >= 0.3 is 0 Å². The Morgan fingerprint density at radius 1 is 1.09 bits per heavy atom. The van der Waals surface area contributed by atoms with Crippen molar-refractivity contribution in [3.63, 3.8) is 0 Å². The van der Waals surface area contributed by atoms with Gasteiger partial charge in [-0.1, -0.05) is 55.3 Å². The average molecular weight is 468 g/mol. The number of para-hydroxylation sites is 1. The van der Waals surface area contributed by atoms with Crippen LogP contribution in [0.5, 0.6) is 11.5 Å². The van der Waals surface area contributed by atoms with Crippen LogP contribution in [0.15, 0.2) is 59.8 Å². The van der Waals surface area contributed by atoms with Crippen molar-refractivity contribution in [2.45, 2.75) is 49.9 Å². The van der Waals surface area contributed by atoms with Gasteiger partial charge in [-0.25, -0.2) is 4.68 Å². The number of hydrogen-bond acceptors (Lipinski definition) is 7. The van der Waals surface area contributed by atoms with Crippen LogP contribution in [0.25, 0.3) is 0 Å². The number of hydrogen-bond donors (Lipinski definition) is 1. The van der Waals surface area contributed by atoms with Crippen LogP contribution >= 0.6 is 11.8 Å². The predicted molar refractivity (Wildman–Crippen MR) is 129 cm³/mol. The SMILES string of the molecule is COc1cccc(OCc2nnc(SCC(=O)N(c3ccccc3)C3CCCCC3)n2N)c1. The van der Waals surface area contributed by atoms with Gasteiger partial charge in [0.25, 0.3) is 0 Å². The van der Waals surface area contributed by atoms with Gasteiger partial charge in [-0.05, 0) is 37.1 Å². The number of nitrogens with two attached hydrogens (primary N) is 1. The van der Waals surface area contributed by atoms with E-state index in [0.29, 0.717) is 22.5 Å². The van der Waals surface area contributed by atoms with E-state index in [-0.39, 0.29) is 24.3 Å². The van der Waals surface area contributed by atoms with E-state index < -0.39 is 0 Å². The van der Waals surface area contributed by atoms with Crippen molar-refractivity contribution in [3.8, 4) is 11.5 Å². The molecular formula is C24H29N5O3S. The van der Waals surface area contributed by atoms with Gasteiger partial charge in [0.2, 0.25) is 11.1 Å². The molecule has 1 heterocycles. The summed E-state index contributed by atoms with van der Waals surface area (Å²) >= 11 is 1.29. The third kappa shape index (κ3) is 5.78. The van der Waals surface area contributed by atoms with Crippen LogP contribution in [0.1, 0.15) is 37.9 Å². The zero-order chi connectivity index (χ0) is 23.0. The molecule has 1 fully saturated rings. The number of aromatic nitrogens is 3. The molecule has 0 bridgehead atoms. The fourth-order valence-corrected chi connectivity index (χ4v) is 4.76. The van der Waals surface area contributed by atoms with E-state index in [2.05, 4.69) is 10.2 Å². The Bertz CT molecular complexity index is 1050. The van der Waals surface area contributed by atoms with Crippen LogP contribution in [0.4, 0.5) is 5.69 Å². The molecule has 0 unspecified atom stereocenters. The summed E-state index contributed by atoms with van der Waals surface area (Å²) in [6.07, 6.45) is 5.61. The van der Waals surface area contributed by atoms with Gasteiger partial charge in [0.15, 0.2) is 5.82 Å². The van der Waals surface area contributed by atoms with Crippen molar-refractivity contribution >= 4 is 23.4 Å². The lowest BCUT2D eigenvalue weighted by atomic mass is 9.93. The molecule has 174 valence electrons. The highest BCUT2D eigenvalue weighted by molar-refractivity contribution is 7.99. The fourth-order valence-electron chi connectivity index (χ4n) is 4.03. The Morgan fingerprint density at radius 2 is 1.85 bits per heavy atom. The van der Waals surface area contributed by atoms with Crippen LogP contribution < -0.4 is 20.2 Å². The van der Waals surface area contributed by atoms with Crippen LogP contribution in [0.2, 0.25) is 0 Å². The molecule has 33 heavy (non-hydrogen) atoms. The highest BCUT2D eigenvalue weighted by atomic mass is 32.2. The molecule has 9 heteroatoms. The quantitative estimate of drug-likeness (QED) is 0.375. The number of nitrogens with zero attached hydrogens (tertiary/aromatic N) is 4. The summed E-state index contributed by atoms with van der Waals surface area (Å²) in [5.41, 5.74) is 0.941. The van der Waals surface area contributed by atoms with Crippen molar-refractivity contribution in [1.29, 1.82) is 0 Å². The maximum Gasteiger partial charge on any atom is 0.237 e. The summed E-state index contributed by atoms with van der Waals surface area (Å²) in [6, 6.07) is 17.4. The second-order valence-electron chi connectivity index (χ2n) is 7.92. The van der Waals surface area contributed by atoms with Crippen molar-refractivity contribution in [3.05, 3.63) is 60.4 Å². The Hall–Kier alpha value is -3.20. The minimum Gasteiger partial charge on any atom is -0.497 e. The Kier molecular flexibility index (Phi) is 7.72. The third-order valence-electron chi connectivity index (χ3n) is 5.71. The highest BCUT2D eigenvalue weighted by Gasteiger charge is 2.27. The largest absolute Gasteiger partial charge is 0.497 e. The highest BCUT2D eigenvalue weighted by Crippen LogP contribution is 2.29. The lowest BCUT2D eigenvalue weighted by Crippen LogP contribution is -2.42. The van der Waals surface area contributed by atoms with Crippen molar-refractivity contribution in [2.24, 2.45) is 0 Å². The predicted octanol–water partition coefficient (Wildman–Crippen LogP) is 4.04. The molecule has 2 N–H and O–H groups in total. The molecule has 2 aromatic carbocycles. The minimum atomic E-state index is 0.0512. The first-order chi connectivity index (χ1) is 16.2. The van der Waals surface area contributed by atoms with Crippen molar-refractivity contribution in [1.82, 2.24) is 14.9 Å². The fraction of sp³-hybridized carbons (Fsp3) is 0.375. The molecule has 3 aromatic rings. The topological polar surface area (TPSA) is 95.5 Å². The maximum absolute atomic E-state index is 13.3. The molecule has 8 nitrogen and oxygen atoms in total. The molecule has 1 aliphatic rings. The van der Waals surface area contributed by atoms with Gasteiger partial charge < -0.3 is 20.2 Å². The number of carbonyl (C=O) groups is 1. The smallest absolute Gasteiger partial charge is 0.237 e. The zero-order valence-corrected chi connectivity index (χ0v) is 19.5. The lowest BCUT2D eigenvalue weighted by Gasteiger charge is -2.34. The van der Waals surface area contributed by atoms with Crippen LogP contribution in [0, 0.1) is 0 Å². The van der Waals surface area contributed by atoms with E-state index in [4.69, 9.17) is 15.3 Å². The van der Waals surface area contributed by atoms with Crippen molar-refractivity contribution < 1.29 is 14.3 Å². The standard InChI is InChI=1S/C24H29N5O3S/c1-31-20-13-8-14-21(15-20)32-16-22-26-27-24(29(22)25)33-17-23(30)28(18-9-4-2-5-10-18)19-11-6-3-7-12-19/h2,4-5,8-10,13-15,19H,3,6-7,11-12,16-17,25H2,1H3. The summed E-state index contributed by atoms with van der Waals surface area (Å²) in [7, 11) is 1.60. The average Bonchev–Trinajstić information content (AvgIpc) is 3.22. The van der Waals surface area contributed by atoms with Crippen molar-refractivity contribution in [2.75, 3.05) is 23.6 Å². The van der Waals surface area contributed by atoms with E-state index in [1.165, 1.54) is 22.9 Å². The number of benzene rings is 2. The third-order valence-corrected chi connectivity index (χ3v) is 6.64. The molecule has 0 atom stereocenters. The lowest BCUT2D eigenvalue weighted by molar-refractivity contribution is -0.116. The van der Waals surface area contributed by atoms with Gasteiger partial charge in [-0.3, -0.25) is 4.79 Å². The Labute approximate surface area is 198 Å². The van der Waals surface area contributed by atoms with Crippen LogP contribution in [-0.2, 0) is 11.4 Å². The summed E-state index contributed by atoms with van der Waals surface area (Å²) < 4.78 is 12.3. The number of anilines is 1. The second-order valence-corrected chi connectivity index (χ2v) is 8.86. The maximum atomic E-state index is 13.3. The Balaban J connectivity index is 1.39. The van der Waals surface area contributed by atoms with Crippen LogP contribution in [0.3, 0.4) is 0 Å².